The number of hydrogen-bond acceptors (Lipinski definition) is 1. The minimum Gasteiger partial charge on any atom is -0.316 e. The second-order valence-corrected chi connectivity index (χ2v) is 5.71. The van der Waals surface area contributed by atoms with E-state index in [0.717, 1.165) is 11.6 Å². The largest absolute Gasteiger partial charge is 0.316 e. The molecule has 4 heteroatoms. The maximum absolute atomic E-state index is 14.3. The van der Waals surface area contributed by atoms with Gasteiger partial charge in [-0.1, -0.05) is 30.3 Å². The fourth-order valence-corrected chi connectivity index (χ4v) is 3.03. The molecule has 122 valence electrons. The Morgan fingerprint density at radius 3 is 2.36 bits per heavy atom. The first kappa shape index (κ1) is 15.3. The van der Waals surface area contributed by atoms with Crippen LogP contribution in [0.1, 0.15) is 0 Å². The lowest BCUT2D eigenvalue weighted by Crippen LogP contribution is -2.07. The van der Waals surface area contributed by atoms with Crippen LogP contribution < -0.4 is 5.43 Å². The number of fused-ring (bicyclic) bond motifs is 1. The maximum atomic E-state index is 14.3. The molecule has 0 unspecified atom stereocenters. The van der Waals surface area contributed by atoms with Crippen LogP contribution in [0.5, 0.6) is 0 Å². The molecule has 0 aliphatic carbocycles. The molecule has 0 aliphatic rings. The zero-order valence-electron chi connectivity index (χ0n) is 13.1. The van der Waals surface area contributed by atoms with E-state index < -0.39 is 11.6 Å². The van der Waals surface area contributed by atoms with Crippen molar-refractivity contribution in [2.24, 2.45) is 0 Å². The third kappa shape index (κ3) is 2.62. The second-order valence-electron chi connectivity index (χ2n) is 5.71. The number of pyridine rings is 1. The predicted octanol–water partition coefficient (Wildman–Crippen LogP) is 4.94. The van der Waals surface area contributed by atoms with Crippen molar-refractivity contribution in [2.45, 2.75) is 0 Å². The third-order valence-corrected chi connectivity index (χ3v) is 4.19. The van der Waals surface area contributed by atoms with Gasteiger partial charge < -0.3 is 4.57 Å². The molecule has 4 rings (SSSR count). The molecule has 0 saturated heterocycles. The van der Waals surface area contributed by atoms with Crippen LogP contribution in [0.15, 0.2) is 83.8 Å². The number of rotatable bonds is 2. The highest BCUT2D eigenvalue weighted by Gasteiger charge is 2.13. The summed E-state index contributed by atoms with van der Waals surface area (Å²) in [7, 11) is 0. The van der Waals surface area contributed by atoms with Gasteiger partial charge in [-0.3, -0.25) is 4.79 Å². The Kier molecular flexibility index (Phi) is 3.65. The molecule has 0 bridgehead atoms. The van der Waals surface area contributed by atoms with E-state index in [4.69, 9.17) is 0 Å². The van der Waals surface area contributed by atoms with E-state index >= 15 is 0 Å². The average Bonchev–Trinajstić information content (AvgIpc) is 2.63. The van der Waals surface area contributed by atoms with Crippen molar-refractivity contribution in [3.8, 4) is 16.8 Å². The number of nitrogens with zero attached hydrogens (tertiary/aromatic N) is 1. The van der Waals surface area contributed by atoms with Gasteiger partial charge in [0.2, 0.25) is 0 Å². The number of benzene rings is 3. The summed E-state index contributed by atoms with van der Waals surface area (Å²) in [6.07, 6.45) is 1.67. The van der Waals surface area contributed by atoms with Crippen molar-refractivity contribution in [3.63, 3.8) is 0 Å². The topological polar surface area (TPSA) is 22.0 Å². The summed E-state index contributed by atoms with van der Waals surface area (Å²) in [6.45, 7) is 0. The highest BCUT2D eigenvalue weighted by Crippen LogP contribution is 2.30. The Morgan fingerprint density at radius 2 is 1.52 bits per heavy atom. The molecule has 4 aromatic rings. The van der Waals surface area contributed by atoms with Crippen molar-refractivity contribution >= 4 is 10.9 Å². The van der Waals surface area contributed by atoms with Gasteiger partial charge in [0.25, 0.3) is 0 Å². The van der Waals surface area contributed by atoms with E-state index in [9.17, 15) is 13.6 Å². The van der Waals surface area contributed by atoms with Crippen LogP contribution >= 0.6 is 0 Å². The molecule has 0 saturated carbocycles. The molecule has 2 nitrogen and oxygen atoms in total. The Hall–Kier alpha value is -3.27. The van der Waals surface area contributed by atoms with Crippen LogP contribution in [0.2, 0.25) is 0 Å². The molecule has 0 fully saturated rings. The lowest BCUT2D eigenvalue weighted by Gasteiger charge is -2.16. The highest BCUT2D eigenvalue weighted by atomic mass is 19.1. The van der Waals surface area contributed by atoms with Crippen molar-refractivity contribution in [2.75, 3.05) is 0 Å². The standard InChI is InChI=1S/C21H13F2NO/c22-14-9-10-15(18(23)13-14)16-5-1-3-7-19(16)24-12-11-21(25)17-6-2-4-8-20(17)24/h1-13H. The van der Waals surface area contributed by atoms with Gasteiger partial charge in [0, 0.05) is 34.8 Å². The lowest BCUT2D eigenvalue weighted by molar-refractivity contribution is 0.585. The Bertz CT molecular complexity index is 1150. The average molecular weight is 333 g/mol. The summed E-state index contributed by atoms with van der Waals surface area (Å²) in [5, 5.41) is 0.583. The second kappa shape index (κ2) is 5.98. The first-order chi connectivity index (χ1) is 12.1. The Balaban J connectivity index is 2.03. The summed E-state index contributed by atoms with van der Waals surface area (Å²) in [4.78, 5) is 12.1. The van der Waals surface area contributed by atoms with Crippen molar-refractivity contribution in [3.05, 3.63) is 101 Å². The normalized spacial score (nSPS) is 11.0. The van der Waals surface area contributed by atoms with Crippen molar-refractivity contribution in [1.29, 1.82) is 0 Å². The summed E-state index contributed by atoms with van der Waals surface area (Å²) in [5.41, 5.74) is 2.29. The molecule has 1 heterocycles. The van der Waals surface area contributed by atoms with Crippen molar-refractivity contribution in [1.82, 2.24) is 4.57 Å². The molecule has 25 heavy (non-hydrogen) atoms. The van der Waals surface area contributed by atoms with Gasteiger partial charge in [-0.2, -0.15) is 0 Å². The van der Waals surface area contributed by atoms with Crippen LogP contribution in [-0.2, 0) is 0 Å². The number of halogens is 2. The molecule has 0 spiro atoms. The molecular formula is C21H13F2NO. The predicted molar refractivity (Wildman–Crippen MR) is 94.9 cm³/mol. The fourth-order valence-electron chi connectivity index (χ4n) is 3.03. The van der Waals surface area contributed by atoms with Gasteiger partial charge >= 0.3 is 0 Å². The van der Waals surface area contributed by atoms with Gasteiger partial charge in [0.15, 0.2) is 5.43 Å². The quantitative estimate of drug-likeness (QED) is 0.509. The van der Waals surface area contributed by atoms with Gasteiger partial charge in [-0.05, 0) is 30.3 Å². The summed E-state index contributed by atoms with van der Waals surface area (Å²) in [6, 6.07) is 19.5. The smallest absolute Gasteiger partial charge is 0.189 e. The molecule has 0 radical (unpaired) electrons. The minimum absolute atomic E-state index is 0.0720. The number of aromatic nitrogens is 1. The highest BCUT2D eigenvalue weighted by molar-refractivity contribution is 5.83. The first-order valence-electron chi connectivity index (χ1n) is 7.80. The minimum atomic E-state index is -0.627. The maximum Gasteiger partial charge on any atom is 0.189 e. The Morgan fingerprint density at radius 1 is 0.760 bits per heavy atom. The third-order valence-electron chi connectivity index (χ3n) is 4.19. The molecule has 3 aromatic carbocycles. The van der Waals surface area contributed by atoms with Crippen LogP contribution in [-0.4, -0.2) is 4.57 Å². The van der Waals surface area contributed by atoms with E-state index in [-0.39, 0.29) is 5.43 Å². The first-order valence-corrected chi connectivity index (χ1v) is 7.80. The SMILES string of the molecule is O=c1ccn(-c2ccccc2-c2ccc(F)cc2F)c2ccccc12. The van der Waals surface area contributed by atoms with E-state index in [1.807, 2.05) is 28.8 Å². The van der Waals surface area contributed by atoms with Gasteiger partial charge in [-0.15, -0.1) is 0 Å². The summed E-state index contributed by atoms with van der Waals surface area (Å²) in [5.74, 6) is -1.25. The summed E-state index contributed by atoms with van der Waals surface area (Å²) < 4.78 is 29.4. The molecule has 0 N–H and O–H groups in total. The molecule has 1 aromatic heterocycles. The van der Waals surface area contributed by atoms with Gasteiger partial charge in [0.1, 0.15) is 11.6 Å². The van der Waals surface area contributed by atoms with Gasteiger partial charge in [-0.25, -0.2) is 8.78 Å². The van der Waals surface area contributed by atoms with Crippen molar-refractivity contribution < 1.29 is 8.78 Å². The molecular weight excluding hydrogens is 320 g/mol. The van der Waals surface area contributed by atoms with E-state index in [0.29, 0.717) is 22.2 Å². The molecule has 0 aliphatic heterocycles. The number of para-hydroxylation sites is 2. The monoisotopic (exact) mass is 333 g/mol. The van der Waals surface area contributed by atoms with E-state index in [1.165, 1.54) is 18.2 Å². The summed E-state index contributed by atoms with van der Waals surface area (Å²) >= 11 is 0. The lowest BCUT2D eigenvalue weighted by atomic mass is 10.0. The van der Waals surface area contributed by atoms with E-state index in [2.05, 4.69) is 0 Å². The van der Waals surface area contributed by atoms with Crippen LogP contribution in [0.25, 0.3) is 27.7 Å². The van der Waals surface area contributed by atoms with Crippen LogP contribution in [0.3, 0.4) is 0 Å². The zero-order valence-corrected chi connectivity index (χ0v) is 13.1. The molecule has 0 atom stereocenters. The number of hydrogen-bond donors (Lipinski definition) is 0. The Labute approximate surface area is 142 Å². The van der Waals surface area contributed by atoms with Crippen LogP contribution in [0, 0.1) is 11.6 Å². The van der Waals surface area contributed by atoms with Gasteiger partial charge in [0.05, 0.1) is 11.2 Å². The zero-order chi connectivity index (χ0) is 17.4. The fraction of sp³-hybridized carbons (Fsp3) is 0. The molecule has 0 amide bonds. The van der Waals surface area contributed by atoms with E-state index in [1.54, 1.807) is 30.5 Å². The van der Waals surface area contributed by atoms with Crippen LogP contribution in [0.4, 0.5) is 8.78 Å².